The second kappa shape index (κ2) is 5.17. The predicted molar refractivity (Wildman–Crippen MR) is 77.9 cm³/mol. The van der Waals surface area contributed by atoms with Gasteiger partial charge < -0.3 is 9.73 Å². The number of nitro benzene ring substituents is 1. The number of benzene rings is 2. The van der Waals surface area contributed by atoms with E-state index in [1.807, 2.05) is 0 Å². The number of rotatable bonds is 3. The lowest BCUT2D eigenvalue weighted by atomic mass is 10.2. The number of nitro groups is 1. The minimum atomic E-state index is -0.586. The average molecular weight is 299 g/mol. The summed E-state index contributed by atoms with van der Waals surface area (Å²) in [6.45, 7) is 0. The van der Waals surface area contributed by atoms with E-state index in [1.54, 1.807) is 6.07 Å². The maximum Gasteiger partial charge on any atom is 0.417 e. The second-order valence-corrected chi connectivity index (χ2v) is 4.49. The van der Waals surface area contributed by atoms with Gasteiger partial charge in [0, 0.05) is 23.4 Å². The number of hydrogen-bond donors (Lipinski definition) is 2. The Labute approximate surface area is 122 Å². The van der Waals surface area contributed by atoms with Crippen molar-refractivity contribution in [2.45, 2.75) is 0 Å². The molecule has 0 radical (unpaired) electrons. The van der Waals surface area contributed by atoms with Gasteiger partial charge in [-0.3, -0.25) is 19.9 Å². The minimum absolute atomic E-state index is 0.162. The van der Waals surface area contributed by atoms with Gasteiger partial charge in [-0.15, -0.1) is 0 Å². The van der Waals surface area contributed by atoms with Crippen LogP contribution in [0.1, 0.15) is 10.4 Å². The largest absolute Gasteiger partial charge is 0.417 e. The maximum absolute atomic E-state index is 12.1. The summed E-state index contributed by atoms with van der Waals surface area (Å²) in [6.07, 6.45) is 0. The van der Waals surface area contributed by atoms with Gasteiger partial charge in [0.15, 0.2) is 5.58 Å². The fourth-order valence-corrected chi connectivity index (χ4v) is 1.99. The van der Waals surface area contributed by atoms with Gasteiger partial charge >= 0.3 is 5.76 Å². The van der Waals surface area contributed by atoms with Gasteiger partial charge in [-0.25, -0.2) is 4.79 Å². The smallest absolute Gasteiger partial charge is 0.408 e. The highest BCUT2D eigenvalue weighted by molar-refractivity contribution is 6.05. The lowest BCUT2D eigenvalue weighted by Crippen LogP contribution is -2.12. The number of oxazole rings is 1. The molecule has 8 heteroatoms. The molecule has 0 aliphatic heterocycles. The molecule has 0 unspecified atom stereocenters. The first-order valence-electron chi connectivity index (χ1n) is 6.21. The van der Waals surface area contributed by atoms with Crippen LogP contribution in [0, 0.1) is 10.1 Å². The van der Waals surface area contributed by atoms with Crippen LogP contribution in [0.25, 0.3) is 11.1 Å². The Hall–Kier alpha value is -3.42. The van der Waals surface area contributed by atoms with Gasteiger partial charge in [-0.2, -0.15) is 0 Å². The number of amides is 1. The first kappa shape index (κ1) is 13.6. The fourth-order valence-electron chi connectivity index (χ4n) is 1.99. The first-order chi connectivity index (χ1) is 10.5. The van der Waals surface area contributed by atoms with Gasteiger partial charge in [0.2, 0.25) is 0 Å². The molecule has 0 spiro atoms. The highest BCUT2D eigenvalue weighted by atomic mass is 16.6. The quantitative estimate of drug-likeness (QED) is 0.568. The Morgan fingerprint density at radius 1 is 1.23 bits per heavy atom. The van der Waals surface area contributed by atoms with E-state index in [9.17, 15) is 19.7 Å². The first-order valence-corrected chi connectivity index (χ1v) is 6.21. The number of aromatic nitrogens is 1. The van der Waals surface area contributed by atoms with Gasteiger partial charge in [0.1, 0.15) is 0 Å². The maximum atomic E-state index is 12.1. The third kappa shape index (κ3) is 2.57. The van der Waals surface area contributed by atoms with Crippen molar-refractivity contribution >= 4 is 28.4 Å². The normalized spacial score (nSPS) is 10.5. The average Bonchev–Trinajstić information content (AvgIpc) is 2.86. The molecule has 110 valence electrons. The molecule has 8 nitrogen and oxygen atoms in total. The summed E-state index contributed by atoms with van der Waals surface area (Å²) in [5, 5.41) is 13.3. The number of non-ortho nitro benzene ring substituents is 1. The molecule has 22 heavy (non-hydrogen) atoms. The lowest BCUT2D eigenvalue weighted by Gasteiger charge is -2.05. The molecule has 1 heterocycles. The molecule has 0 saturated heterocycles. The van der Waals surface area contributed by atoms with Crippen LogP contribution in [0.15, 0.2) is 51.7 Å². The molecule has 0 atom stereocenters. The zero-order valence-corrected chi connectivity index (χ0v) is 11.0. The van der Waals surface area contributed by atoms with E-state index in [-0.39, 0.29) is 11.3 Å². The van der Waals surface area contributed by atoms with Crippen LogP contribution in [0.5, 0.6) is 0 Å². The summed E-state index contributed by atoms with van der Waals surface area (Å²) in [4.78, 5) is 35.8. The van der Waals surface area contributed by atoms with E-state index in [4.69, 9.17) is 4.42 Å². The van der Waals surface area contributed by atoms with Gasteiger partial charge in [0.25, 0.3) is 11.6 Å². The van der Waals surface area contributed by atoms with Crippen molar-refractivity contribution in [3.63, 3.8) is 0 Å². The van der Waals surface area contributed by atoms with Crippen molar-refractivity contribution in [1.29, 1.82) is 0 Å². The fraction of sp³-hybridized carbons (Fsp3) is 0. The van der Waals surface area contributed by atoms with Crippen LogP contribution < -0.4 is 11.1 Å². The Morgan fingerprint density at radius 3 is 2.82 bits per heavy atom. The monoisotopic (exact) mass is 299 g/mol. The summed E-state index contributed by atoms with van der Waals surface area (Å²) in [5.74, 6) is -1.08. The van der Waals surface area contributed by atoms with Crippen molar-refractivity contribution in [2.24, 2.45) is 0 Å². The SMILES string of the molecule is O=C(Nc1ccc2oc(=O)[nH]c2c1)c1cccc([N+](=O)[O-])c1. The highest BCUT2D eigenvalue weighted by Crippen LogP contribution is 2.18. The molecular weight excluding hydrogens is 290 g/mol. The molecule has 0 bridgehead atoms. The van der Waals surface area contributed by atoms with Gasteiger partial charge in [0.05, 0.1) is 10.4 Å². The van der Waals surface area contributed by atoms with Crippen LogP contribution in [0.3, 0.4) is 0 Å². The lowest BCUT2D eigenvalue weighted by molar-refractivity contribution is -0.384. The van der Waals surface area contributed by atoms with Crippen LogP contribution in [-0.4, -0.2) is 15.8 Å². The number of hydrogen-bond acceptors (Lipinski definition) is 5. The molecule has 1 aromatic heterocycles. The van der Waals surface area contributed by atoms with E-state index < -0.39 is 16.6 Å². The van der Waals surface area contributed by atoms with E-state index in [0.717, 1.165) is 0 Å². The van der Waals surface area contributed by atoms with E-state index in [2.05, 4.69) is 10.3 Å². The summed E-state index contributed by atoms with van der Waals surface area (Å²) in [6, 6.07) is 10.0. The zero-order valence-electron chi connectivity index (χ0n) is 11.0. The molecule has 0 saturated carbocycles. The summed E-state index contributed by atoms with van der Waals surface area (Å²) in [5.41, 5.74) is 1.25. The standard InChI is InChI=1S/C14H9N3O5/c18-13(8-2-1-3-10(6-8)17(20)21)15-9-4-5-12-11(7-9)16-14(19)22-12/h1-7H,(H,15,18)(H,16,19). The van der Waals surface area contributed by atoms with Crippen LogP contribution in [-0.2, 0) is 0 Å². The number of anilines is 1. The Kier molecular flexibility index (Phi) is 3.18. The van der Waals surface area contributed by atoms with Crippen molar-refractivity contribution in [3.8, 4) is 0 Å². The Bertz CT molecular complexity index is 941. The third-order valence-corrected chi connectivity index (χ3v) is 3.00. The molecule has 0 aliphatic rings. The number of fused-ring (bicyclic) bond motifs is 1. The number of H-pyrrole nitrogens is 1. The Balaban J connectivity index is 1.87. The van der Waals surface area contributed by atoms with Crippen molar-refractivity contribution < 1.29 is 14.1 Å². The van der Waals surface area contributed by atoms with Gasteiger partial charge in [-0.05, 0) is 24.3 Å². The highest BCUT2D eigenvalue weighted by Gasteiger charge is 2.12. The minimum Gasteiger partial charge on any atom is -0.408 e. The zero-order chi connectivity index (χ0) is 15.7. The number of carbonyl (C=O) groups excluding carboxylic acids is 1. The van der Waals surface area contributed by atoms with Crippen molar-refractivity contribution in [1.82, 2.24) is 4.98 Å². The van der Waals surface area contributed by atoms with E-state index >= 15 is 0 Å². The molecule has 2 N–H and O–H groups in total. The van der Waals surface area contributed by atoms with Crippen LogP contribution >= 0.6 is 0 Å². The summed E-state index contributed by atoms with van der Waals surface area (Å²) < 4.78 is 4.86. The molecule has 0 fully saturated rings. The number of carbonyl (C=O) groups is 1. The van der Waals surface area contributed by atoms with Crippen LogP contribution in [0.4, 0.5) is 11.4 Å². The number of aromatic amines is 1. The summed E-state index contributed by atoms with van der Waals surface area (Å²) in [7, 11) is 0. The topological polar surface area (TPSA) is 118 Å². The predicted octanol–water partition coefficient (Wildman–Crippen LogP) is 2.28. The number of nitrogens with one attached hydrogen (secondary N) is 2. The molecule has 0 aliphatic carbocycles. The summed E-state index contributed by atoms with van der Waals surface area (Å²) >= 11 is 0. The van der Waals surface area contributed by atoms with Crippen LogP contribution in [0.2, 0.25) is 0 Å². The molecular formula is C14H9N3O5. The molecule has 3 aromatic rings. The van der Waals surface area contributed by atoms with E-state index in [1.165, 1.54) is 36.4 Å². The second-order valence-electron chi connectivity index (χ2n) is 4.49. The van der Waals surface area contributed by atoms with Gasteiger partial charge in [-0.1, -0.05) is 6.07 Å². The van der Waals surface area contributed by atoms with E-state index in [0.29, 0.717) is 16.8 Å². The molecule has 1 amide bonds. The third-order valence-electron chi connectivity index (χ3n) is 3.00. The van der Waals surface area contributed by atoms with Crippen molar-refractivity contribution in [3.05, 3.63) is 68.7 Å². The Morgan fingerprint density at radius 2 is 2.05 bits per heavy atom. The molecule has 3 rings (SSSR count). The number of nitrogens with zero attached hydrogens (tertiary/aromatic N) is 1. The molecule has 2 aromatic carbocycles. The van der Waals surface area contributed by atoms with Crippen molar-refractivity contribution in [2.75, 3.05) is 5.32 Å².